The molecule has 5 aromatic rings. The summed E-state index contributed by atoms with van der Waals surface area (Å²) in [5, 5.41) is 0. The first-order chi connectivity index (χ1) is 33.9. The Kier molecular flexibility index (Phi) is 20.7. The number of rotatable bonds is 31. The predicted molar refractivity (Wildman–Crippen MR) is 295 cm³/mol. The first-order valence-corrected chi connectivity index (χ1v) is 27.3. The van der Waals surface area contributed by atoms with Crippen LogP contribution in [-0.2, 0) is 0 Å². The zero-order valence-electron chi connectivity index (χ0n) is 42.9. The number of hydrogen-bond acceptors (Lipinski definition) is 4. The van der Waals surface area contributed by atoms with Crippen molar-refractivity contribution < 1.29 is 14.0 Å². The number of benzene rings is 2. The van der Waals surface area contributed by atoms with Gasteiger partial charge in [0, 0.05) is 39.6 Å². The Morgan fingerprint density at radius 3 is 1.22 bits per heavy atom. The van der Waals surface area contributed by atoms with E-state index in [1.807, 2.05) is 0 Å². The number of quaternary nitrogens is 1. The molecule has 0 fully saturated rings. The van der Waals surface area contributed by atoms with Crippen LogP contribution in [0.5, 0.6) is 11.5 Å². The number of unbranched alkanes of at least 4 members (excludes halogenated alkanes) is 19. The number of hydrogen-bond donors (Lipinski definition) is 2. The summed E-state index contributed by atoms with van der Waals surface area (Å²) in [6.45, 7) is 8.40. The van der Waals surface area contributed by atoms with Crippen LogP contribution in [0.1, 0.15) is 178 Å². The van der Waals surface area contributed by atoms with Gasteiger partial charge in [-0.1, -0.05) is 154 Å². The van der Waals surface area contributed by atoms with Crippen molar-refractivity contribution in [2.24, 2.45) is 0 Å². The van der Waals surface area contributed by atoms with E-state index in [1.54, 1.807) is 0 Å². The molecule has 5 heterocycles. The van der Waals surface area contributed by atoms with Gasteiger partial charge in [0.05, 0.1) is 63.2 Å². The lowest BCUT2D eigenvalue weighted by Gasteiger charge is -2.30. The van der Waals surface area contributed by atoms with Gasteiger partial charge in [0.2, 0.25) is 0 Å². The van der Waals surface area contributed by atoms with Gasteiger partial charge in [-0.25, -0.2) is 9.97 Å². The van der Waals surface area contributed by atoms with Crippen LogP contribution >= 0.6 is 0 Å². The third kappa shape index (κ3) is 16.6. The van der Waals surface area contributed by atoms with E-state index in [-0.39, 0.29) is 0 Å². The fourth-order valence-electron chi connectivity index (χ4n) is 9.89. The largest absolute Gasteiger partial charge is 0.494 e. The maximum absolute atomic E-state index is 6.29. The standard InChI is InChI=1S/C62H84N5O2/c1-5-7-9-11-13-15-16-17-18-19-21-23-25-45-68-55-35-27-49(28-36-55)61-57-39-31-51(63-57)47-53-33-41-59(65-53)62(60-42-34-54(66-60)48-52-32-40-58(61)64-52)50-29-37-56(38-30-50)69-46-26-44-67(3,4)43-24-22-20-14-12-10-8-6-2/h27-42,47-48,63,66H,5-26,43-46H2,1-4H3/q+1. The molecule has 3 aromatic heterocycles. The summed E-state index contributed by atoms with van der Waals surface area (Å²) in [5.74, 6) is 1.80. The minimum Gasteiger partial charge on any atom is -0.494 e. The summed E-state index contributed by atoms with van der Waals surface area (Å²) in [5.41, 5.74) is 11.8. The van der Waals surface area contributed by atoms with E-state index in [0.29, 0.717) is 6.61 Å². The lowest BCUT2D eigenvalue weighted by atomic mass is 10.0. The maximum atomic E-state index is 6.29. The second-order valence-electron chi connectivity index (χ2n) is 20.4. The third-order valence-corrected chi connectivity index (χ3v) is 14.0. The van der Waals surface area contributed by atoms with Crippen molar-refractivity contribution in [3.05, 3.63) is 108 Å². The molecule has 2 N–H and O–H groups in total. The number of ether oxygens (including phenoxy) is 2. The van der Waals surface area contributed by atoms with Gasteiger partial charge < -0.3 is 23.9 Å². The Hall–Kier alpha value is -5.40. The smallest absolute Gasteiger partial charge is 0.119 e. The van der Waals surface area contributed by atoms with Gasteiger partial charge in [0.25, 0.3) is 0 Å². The van der Waals surface area contributed by atoms with E-state index in [9.17, 15) is 0 Å². The number of nitrogens with one attached hydrogen (secondary N) is 2. The van der Waals surface area contributed by atoms with Crippen molar-refractivity contribution in [1.82, 2.24) is 19.9 Å². The van der Waals surface area contributed by atoms with Gasteiger partial charge in [-0.3, -0.25) is 0 Å². The molecule has 7 heteroatoms. The Labute approximate surface area is 415 Å². The molecule has 0 amide bonds. The van der Waals surface area contributed by atoms with E-state index in [2.05, 4.69) is 147 Å². The molecule has 8 bridgehead atoms. The Bertz CT molecular complexity index is 2530. The molecule has 0 aliphatic carbocycles. The number of H-pyrrole nitrogens is 2. The van der Waals surface area contributed by atoms with E-state index < -0.39 is 0 Å². The van der Waals surface area contributed by atoms with Crippen molar-refractivity contribution in [3.63, 3.8) is 0 Å². The highest BCUT2D eigenvalue weighted by molar-refractivity contribution is 5.93. The monoisotopic (exact) mass is 931 g/mol. The zero-order chi connectivity index (χ0) is 47.9. The van der Waals surface area contributed by atoms with Crippen LogP contribution in [0.25, 0.3) is 68.6 Å². The Balaban J connectivity index is 0.978. The van der Waals surface area contributed by atoms with Crippen LogP contribution in [-0.4, -0.2) is 64.8 Å². The molecule has 69 heavy (non-hydrogen) atoms. The zero-order valence-corrected chi connectivity index (χ0v) is 42.9. The fraction of sp³-hybridized carbons (Fsp3) is 0.484. The summed E-state index contributed by atoms with van der Waals surface area (Å²) < 4.78 is 13.6. The number of fused-ring (bicyclic) bond motifs is 8. The fourth-order valence-corrected chi connectivity index (χ4v) is 9.89. The highest BCUT2D eigenvalue weighted by Gasteiger charge is 2.16. The highest BCUT2D eigenvalue weighted by Crippen LogP contribution is 2.34. The van der Waals surface area contributed by atoms with Crippen molar-refractivity contribution in [2.75, 3.05) is 40.4 Å². The lowest BCUT2D eigenvalue weighted by molar-refractivity contribution is -0.890. The second-order valence-corrected chi connectivity index (χ2v) is 20.4. The molecule has 0 saturated heterocycles. The predicted octanol–water partition coefficient (Wildman–Crippen LogP) is 17.4. The highest BCUT2D eigenvalue weighted by atomic mass is 16.5. The molecule has 2 aliphatic heterocycles. The molecule has 0 saturated carbocycles. The first-order valence-electron chi connectivity index (χ1n) is 27.3. The SMILES string of the molecule is CCCCCCCCCCCCCCCOc1ccc(-c2c3nc(cc4ccc([nH]4)c(-c4ccc(OCCC[N+](C)(C)CCCCCCCCCC)cc4)c4nc(cc5ccc2[nH]5)C=C4)C=C3)cc1. The second kappa shape index (κ2) is 27.7. The Morgan fingerprint density at radius 2 is 0.783 bits per heavy atom. The van der Waals surface area contributed by atoms with Crippen LogP contribution < -0.4 is 9.47 Å². The van der Waals surface area contributed by atoms with Crippen molar-refractivity contribution >= 4 is 46.4 Å². The van der Waals surface area contributed by atoms with Crippen LogP contribution in [0, 0.1) is 0 Å². The number of aromatic amines is 2. The Morgan fingerprint density at radius 1 is 0.406 bits per heavy atom. The number of nitrogens with zero attached hydrogens (tertiary/aromatic N) is 3. The van der Waals surface area contributed by atoms with Gasteiger partial charge in [-0.15, -0.1) is 0 Å². The molecular weight excluding hydrogens is 847 g/mol. The van der Waals surface area contributed by atoms with Gasteiger partial charge in [0.15, 0.2) is 0 Å². The van der Waals surface area contributed by atoms with Crippen molar-refractivity contribution in [2.45, 2.75) is 155 Å². The van der Waals surface area contributed by atoms with Crippen LogP contribution in [0.3, 0.4) is 0 Å². The third-order valence-electron chi connectivity index (χ3n) is 14.0. The van der Waals surface area contributed by atoms with Crippen molar-refractivity contribution in [3.8, 4) is 33.8 Å². The van der Waals surface area contributed by atoms with Crippen molar-refractivity contribution in [1.29, 1.82) is 0 Å². The lowest BCUT2D eigenvalue weighted by Crippen LogP contribution is -2.41. The van der Waals surface area contributed by atoms with Gasteiger partial charge >= 0.3 is 0 Å². The first kappa shape index (κ1) is 51.5. The summed E-state index contributed by atoms with van der Waals surface area (Å²) >= 11 is 0. The molecule has 7 rings (SSSR count). The average molecular weight is 931 g/mol. The van der Waals surface area contributed by atoms with E-state index >= 15 is 0 Å². The average Bonchev–Trinajstić information content (AvgIpc) is 4.20. The maximum Gasteiger partial charge on any atom is 0.119 e. The van der Waals surface area contributed by atoms with Gasteiger partial charge in [0.1, 0.15) is 11.5 Å². The number of aromatic nitrogens is 4. The van der Waals surface area contributed by atoms with E-state index in [0.717, 1.165) is 109 Å². The van der Waals surface area contributed by atoms with Crippen LogP contribution in [0.15, 0.2) is 84.9 Å². The van der Waals surface area contributed by atoms with E-state index in [4.69, 9.17) is 19.4 Å². The summed E-state index contributed by atoms with van der Waals surface area (Å²) in [6.07, 6.45) is 37.9. The molecule has 0 radical (unpaired) electrons. The van der Waals surface area contributed by atoms with Gasteiger partial charge in [-0.05, 0) is 115 Å². The molecular formula is C62H84N5O2+. The summed E-state index contributed by atoms with van der Waals surface area (Å²) in [6, 6.07) is 29.8. The summed E-state index contributed by atoms with van der Waals surface area (Å²) in [4.78, 5) is 17.7. The topological polar surface area (TPSA) is 75.8 Å². The molecule has 2 aromatic carbocycles. The minimum absolute atomic E-state index is 0.715. The molecule has 0 atom stereocenters. The van der Waals surface area contributed by atoms with Gasteiger partial charge in [-0.2, -0.15) is 0 Å². The van der Waals surface area contributed by atoms with E-state index in [1.165, 1.54) is 135 Å². The quantitative estimate of drug-likeness (QED) is 0.0336. The molecule has 7 nitrogen and oxygen atoms in total. The van der Waals surface area contributed by atoms with Crippen LogP contribution in [0.4, 0.5) is 0 Å². The normalized spacial score (nSPS) is 12.3. The minimum atomic E-state index is 0.715. The molecule has 0 unspecified atom stereocenters. The molecule has 0 spiro atoms. The van der Waals surface area contributed by atoms with Crippen LogP contribution in [0.2, 0.25) is 0 Å². The molecule has 2 aliphatic rings. The summed E-state index contributed by atoms with van der Waals surface area (Å²) in [7, 11) is 4.73. The molecule has 368 valence electrons.